The van der Waals surface area contributed by atoms with E-state index in [1.165, 1.54) is 17.0 Å². The molecule has 6 nitrogen and oxygen atoms in total. The summed E-state index contributed by atoms with van der Waals surface area (Å²) in [7, 11) is 0. The molecule has 0 saturated carbocycles. The summed E-state index contributed by atoms with van der Waals surface area (Å²) in [5, 5.41) is 3.72. The molecule has 0 aliphatic heterocycles. The van der Waals surface area contributed by atoms with Gasteiger partial charge < -0.3 is 10.3 Å². The number of amides is 1. The molecule has 1 amide bonds. The number of H-pyrrole nitrogens is 1. The molecule has 0 saturated heterocycles. The molecule has 2 aromatic heterocycles. The molecule has 118 valence electrons. The summed E-state index contributed by atoms with van der Waals surface area (Å²) in [6.07, 6.45) is 3.95. The lowest BCUT2D eigenvalue weighted by Gasteiger charge is -2.07. The van der Waals surface area contributed by atoms with Crippen LogP contribution in [0.15, 0.2) is 47.7 Å². The Morgan fingerprint density at radius 2 is 2.17 bits per heavy atom. The van der Waals surface area contributed by atoms with Crippen molar-refractivity contribution in [1.29, 1.82) is 0 Å². The molecule has 23 heavy (non-hydrogen) atoms. The minimum absolute atomic E-state index is 0.0989. The van der Waals surface area contributed by atoms with Crippen LogP contribution < -0.4 is 10.9 Å². The molecule has 3 rings (SSSR count). The zero-order chi connectivity index (χ0) is 16.2. The Bertz CT molecular complexity index is 895. The molecule has 2 heterocycles. The van der Waals surface area contributed by atoms with Crippen LogP contribution in [-0.4, -0.2) is 27.0 Å². The van der Waals surface area contributed by atoms with Gasteiger partial charge in [0.25, 0.3) is 11.5 Å². The van der Waals surface area contributed by atoms with E-state index in [9.17, 15) is 9.59 Å². The van der Waals surface area contributed by atoms with Crippen LogP contribution in [0.25, 0.3) is 10.9 Å². The fraction of sp³-hybridized carbons (Fsp3) is 0.235. The molecule has 6 heteroatoms. The topological polar surface area (TPSA) is 79.8 Å². The first-order chi connectivity index (χ1) is 11.2. The van der Waals surface area contributed by atoms with Crippen molar-refractivity contribution in [3.8, 4) is 0 Å². The van der Waals surface area contributed by atoms with E-state index in [0.717, 1.165) is 23.0 Å². The molecule has 0 unspecified atom stereocenters. The molecule has 0 aliphatic rings. The summed E-state index contributed by atoms with van der Waals surface area (Å²) in [4.78, 5) is 31.4. The van der Waals surface area contributed by atoms with Crippen LogP contribution in [-0.2, 0) is 13.0 Å². The number of aromatic amines is 1. The number of fused-ring (bicyclic) bond motifs is 1. The number of aryl methyl sites for hydroxylation is 1. The number of hydrogen-bond donors (Lipinski definition) is 2. The molecule has 0 bridgehead atoms. The summed E-state index contributed by atoms with van der Waals surface area (Å²) in [6.45, 7) is 2.71. The highest BCUT2D eigenvalue weighted by Gasteiger charge is 2.11. The van der Waals surface area contributed by atoms with Gasteiger partial charge in [0.1, 0.15) is 0 Å². The second-order valence-corrected chi connectivity index (χ2v) is 5.27. The van der Waals surface area contributed by atoms with E-state index >= 15 is 0 Å². The van der Waals surface area contributed by atoms with Crippen LogP contribution in [0.5, 0.6) is 0 Å². The van der Waals surface area contributed by atoms with Crippen molar-refractivity contribution in [1.82, 2.24) is 19.9 Å². The van der Waals surface area contributed by atoms with Crippen molar-refractivity contribution in [2.75, 3.05) is 6.54 Å². The van der Waals surface area contributed by atoms with E-state index < -0.39 is 0 Å². The van der Waals surface area contributed by atoms with Crippen molar-refractivity contribution in [2.45, 2.75) is 19.9 Å². The molecule has 0 atom stereocenters. The summed E-state index contributed by atoms with van der Waals surface area (Å²) in [6, 6.07) is 9.17. The van der Waals surface area contributed by atoms with E-state index in [2.05, 4.69) is 15.3 Å². The maximum Gasteiger partial charge on any atom is 0.253 e. The number of aromatic nitrogens is 3. The Kier molecular flexibility index (Phi) is 4.23. The molecule has 3 aromatic rings. The summed E-state index contributed by atoms with van der Waals surface area (Å²) in [5.74, 6) is -0.159. The minimum atomic E-state index is -0.159. The smallest absolute Gasteiger partial charge is 0.253 e. The van der Waals surface area contributed by atoms with Crippen molar-refractivity contribution >= 4 is 16.8 Å². The Balaban J connectivity index is 1.65. The van der Waals surface area contributed by atoms with Crippen molar-refractivity contribution in [2.24, 2.45) is 0 Å². The lowest BCUT2D eigenvalue weighted by atomic mass is 10.1. The number of para-hydroxylation sites is 1. The van der Waals surface area contributed by atoms with Gasteiger partial charge in [-0.3, -0.25) is 14.2 Å². The quantitative estimate of drug-likeness (QED) is 0.753. The highest BCUT2D eigenvalue weighted by molar-refractivity contribution is 6.06. The fourth-order valence-electron chi connectivity index (χ4n) is 2.47. The van der Waals surface area contributed by atoms with E-state index in [0.29, 0.717) is 18.7 Å². The molecule has 0 fully saturated rings. The number of hydrogen-bond acceptors (Lipinski definition) is 3. The van der Waals surface area contributed by atoms with E-state index in [-0.39, 0.29) is 11.5 Å². The number of rotatable bonds is 5. The van der Waals surface area contributed by atoms with E-state index in [1.54, 1.807) is 6.20 Å². The van der Waals surface area contributed by atoms with Crippen LogP contribution >= 0.6 is 0 Å². The standard InChI is InChI=1S/C17H18N4O2/c1-2-12-9-16(22)21(11-20-12)8-7-18-17(23)14-10-19-15-6-4-3-5-13(14)15/h3-6,9-11,19H,2,7-8H2,1H3,(H,18,23). The monoisotopic (exact) mass is 310 g/mol. The van der Waals surface area contributed by atoms with Gasteiger partial charge in [-0.2, -0.15) is 0 Å². The second-order valence-electron chi connectivity index (χ2n) is 5.27. The van der Waals surface area contributed by atoms with Crippen LogP contribution in [0.4, 0.5) is 0 Å². The SMILES string of the molecule is CCc1cc(=O)n(CCNC(=O)c2c[nH]c3ccccc23)cn1. The highest BCUT2D eigenvalue weighted by atomic mass is 16.1. The predicted molar refractivity (Wildman–Crippen MR) is 88.5 cm³/mol. The largest absolute Gasteiger partial charge is 0.360 e. The van der Waals surface area contributed by atoms with Gasteiger partial charge in [0, 0.05) is 41.9 Å². The van der Waals surface area contributed by atoms with E-state index in [4.69, 9.17) is 0 Å². The Hall–Kier alpha value is -2.89. The maximum absolute atomic E-state index is 12.3. The van der Waals surface area contributed by atoms with Gasteiger partial charge >= 0.3 is 0 Å². The zero-order valence-corrected chi connectivity index (χ0v) is 12.9. The normalized spacial score (nSPS) is 10.8. The zero-order valence-electron chi connectivity index (χ0n) is 12.9. The predicted octanol–water partition coefficient (Wildman–Crippen LogP) is 1.72. The third-order valence-electron chi connectivity index (χ3n) is 3.77. The van der Waals surface area contributed by atoms with Gasteiger partial charge in [0.15, 0.2) is 0 Å². The average Bonchev–Trinajstić information content (AvgIpc) is 3.00. The van der Waals surface area contributed by atoms with Gasteiger partial charge in [-0.15, -0.1) is 0 Å². The first-order valence-corrected chi connectivity index (χ1v) is 7.58. The van der Waals surface area contributed by atoms with Crippen LogP contribution in [0.1, 0.15) is 23.0 Å². The van der Waals surface area contributed by atoms with E-state index in [1.807, 2.05) is 31.2 Å². The molecule has 0 aliphatic carbocycles. The van der Waals surface area contributed by atoms with Gasteiger partial charge in [0.05, 0.1) is 11.9 Å². The first kappa shape index (κ1) is 15.0. The van der Waals surface area contributed by atoms with Gasteiger partial charge in [0.2, 0.25) is 0 Å². The number of carbonyl (C=O) groups excluding carboxylic acids is 1. The number of benzene rings is 1. The Morgan fingerprint density at radius 3 is 2.96 bits per heavy atom. The summed E-state index contributed by atoms with van der Waals surface area (Å²) in [5.41, 5.74) is 2.20. The average molecular weight is 310 g/mol. The number of carbonyl (C=O) groups is 1. The minimum Gasteiger partial charge on any atom is -0.360 e. The van der Waals surface area contributed by atoms with Crippen LogP contribution in [0.3, 0.4) is 0 Å². The lowest BCUT2D eigenvalue weighted by molar-refractivity contribution is 0.0954. The fourth-order valence-corrected chi connectivity index (χ4v) is 2.47. The summed E-state index contributed by atoms with van der Waals surface area (Å²) < 4.78 is 1.49. The number of nitrogens with zero attached hydrogens (tertiary/aromatic N) is 2. The molecule has 0 radical (unpaired) electrons. The molecule has 1 aromatic carbocycles. The van der Waals surface area contributed by atoms with Crippen molar-refractivity contribution in [3.63, 3.8) is 0 Å². The molecular formula is C17H18N4O2. The number of nitrogens with one attached hydrogen (secondary N) is 2. The van der Waals surface area contributed by atoms with Gasteiger partial charge in [-0.1, -0.05) is 25.1 Å². The Morgan fingerprint density at radius 1 is 1.35 bits per heavy atom. The third-order valence-corrected chi connectivity index (χ3v) is 3.77. The summed E-state index contributed by atoms with van der Waals surface area (Å²) >= 11 is 0. The molecule has 0 spiro atoms. The van der Waals surface area contributed by atoms with Crippen molar-refractivity contribution in [3.05, 3.63) is 64.5 Å². The second kappa shape index (κ2) is 6.48. The van der Waals surface area contributed by atoms with Crippen LogP contribution in [0.2, 0.25) is 0 Å². The van der Waals surface area contributed by atoms with Crippen molar-refractivity contribution < 1.29 is 4.79 Å². The first-order valence-electron chi connectivity index (χ1n) is 7.58. The molecule has 2 N–H and O–H groups in total. The van der Waals surface area contributed by atoms with Gasteiger partial charge in [-0.05, 0) is 12.5 Å². The third kappa shape index (κ3) is 3.15. The lowest BCUT2D eigenvalue weighted by Crippen LogP contribution is -2.30. The van der Waals surface area contributed by atoms with Crippen LogP contribution in [0, 0.1) is 0 Å². The Labute approximate surface area is 133 Å². The molecular weight excluding hydrogens is 292 g/mol. The van der Waals surface area contributed by atoms with Gasteiger partial charge in [-0.25, -0.2) is 4.98 Å². The highest BCUT2D eigenvalue weighted by Crippen LogP contribution is 2.17. The maximum atomic E-state index is 12.3.